The van der Waals surface area contributed by atoms with Gasteiger partial charge in [-0.3, -0.25) is 0 Å². The molecule has 2 heterocycles. The molecule has 0 bridgehead atoms. The molecule has 9 heteroatoms. The van der Waals surface area contributed by atoms with Crippen LogP contribution in [0.1, 0.15) is 50.2 Å². The van der Waals surface area contributed by atoms with Gasteiger partial charge in [0.25, 0.3) is 0 Å². The molecule has 0 fully saturated rings. The lowest BCUT2D eigenvalue weighted by Gasteiger charge is -2.23. The standard InChI is InChI=1S/C34H39Cl2N5O2/c1-7-26(28-10-8-9-27(32(28)36)24-13-11-23(12-14-24)18-37-33(3,4)20-42)31(35)22(2)25-15-16-41-30(17-25)39-29(40-41)19-38-34(5,6)21-43/h7-17,37-38,42-43H,1-2,18-21H2,3-6H3/b31-26-. The summed E-state index contributed by atoms with van der Waals surface area (Å²) in [7, 11) is 0. The van der Waals surface area contributed by atoms with Crippen molar-refractivity contribution in [2.24, 2.45) is 0 Å². The highest BCUT2D eigenvalue weighted by molar-refractivity contribution is 6.42. The maximum atomic E-state index is 9.50. The van der Waals surface area contributed by atoms with E-state index < -0.39 is 5.54 Å². The molecule has 0 amide bonds. The predicted molar refractivity (Wildman–Crippen MR) is 178 cm³/mol. The Kier molecular flexibility index (Phi) is 10.3. The fourth-order valence-corrected chi connectivity index (χ4v) is 4.96. The molecule has 2 aromatic heterocycles. The van der Waals surface area contributed by atoms with Gasteiger partial charge in [0, 0.05) is 40.5 Å². The van der Waals surface area contributed by atoms with E-state index in [0.717, 1.165) is 27.8 Å². The van der Waals surface area contributed by atoms with Gasteiger partial charge in [-0.15, -0.1) is 5.10 Å². The van der Waals surface area contributed by atoms with Crippen molar-refractivity contribution in [3.05, 3.63) is 113 Å². The Morgan fingerprint density at radius 1 is 0.977 bits per heavy atom. The van der Waals surface area contributed by atoms with Crippen molar-refractivity contribution in [2.45, 2.75) is 51.9 Å². The van der Waals surface area contributed by atoms with Crippen LogP contribution >= 0.6 is 23.2 Å². The van der Waals surface area contributed by atoms with Gasteiger partial charge in [0.2, 0.25) is 0 Å². The molecule has 0 atom stereocenters. The molecular formula is C34H39Cl2N5O2. The zero-order valence-corrected chi connectivity index (χ0v) is 26.6. The number of nitrogens with zero attached hydrogens (tertiary/aromatic N) is 3. The summed E-state index contributed by atoms with van der Waals surface area (Å²) < 4.78 is 1.70. The highest BCUT2D eigenvalue weighted by atomic mass is 35.5. The zero-order valence-electron chi connectivity index (χ0n) is 25.1. The predicted octanol–water partition coefficient (Wildman–Crippen LogP) is 6.62. The molecule has 2 aromatic carbocycles. The molecule has 0 aliphatic rings. The number of pyridine rings is 1. The van der Waals surface area contributed by atoms with Gasteiger partial charge in [0.1, 0.15) is 0 Å². The van der Waals surface area contributed by atoms with Gasteiger partial charge in [0.15, 0.2) is 11.5 Å². The third-order valence-corrected chi connectivity index (χ3v) is 8.11. The first-order valence-electron chi connectivity index (χ1n) is 14.0. The van der Waals surface area contributed by atoms with Crippen molar-refractivity contribution in [3.63, 3.8) is 0 Å². The molecular weight excluding hydrogens is 581 g/mol. The van der Waals surface area contributed by atoms with Crippen LogP contribution in [0.3, 0.4) is 0 Å². The van der Waals surface area contributed by atoms with Crippen molar-refractivity contribution < 1.29 is 10.2 Å². The lowest BCUT2D eigenvalue weighted by atomic mass is 9.95. The van der Waals surface area contributed by atoms with Crippen LogP contribution in [0.25, 0.3) is 27.9 Å². The number of nitrogens with one attached hydrogen (secondary N) is 2. The van der Waals surface area contributed by atoms with Crippen molar-refractivity contribution in [3.8, 4) is 11.1 Å². The molecule has 0 aliphatic carbocycles. The summed E-state index contributed by atoms with van der Waals surface area (Å²) in [6, 6.07) is 17.8. The first-order chi connectivity index (χ1) is 20.4. The summed E-state index contributed by atoms with van der Waals surface area (Å²) in [5.41, 5.74) is 5.63. The molecule has 4 aromatic rings. The van der Waals surface area contributed by atoms with Crippen molar-refractivity contribution in [1.82, 2.24) is 25.2 Å². The second kappa shape index (κ2) is 13.6. The minimum atomic E-state index is -0.437. The Morgan fingerprint density at radius 2 is 1.63 bits per heavy atom. The number of halogens is 2. The van der Waals surface area contributed by atoms with Gasteiger partial charge in [-0.05, 0) is 62.1 Å². The van der Waals surface area contributed by atoms with Gasteiger partial charge < -0.3 is 20.8 Å². The van der Waals surface area contributed by atoms with Crippen LogP contribution in [0.2, 0.25) is 5.02 Å². The average Bonchev–Trinajstić information content (AvgIpc) is 3.42. The second-order valence-corrected chi connectivity index (χ2v) is 12.6. The van der Waals surface area contributed by atoms with E-state index in [1.165, 1.54) is 0 Å². The normalized spacial score (nSPS) is 12.8. The molecule has 0 saturated carbocycles. The summed E-state index contributed by atoms with van der Waals surface area (Å²) >= 11 is 14.0. The van der Waals surface area contributed by atoms with Crippen molar-refractivity contribution in [2.75, 3.05) is 13.2 Å². The van der Waals surface area contributed by atoms with Gasteiger partial charge in [-0.25, -0.2) is 9.50 Å². The van der Waals surface area contributed by atoms with E-state index in [4.69, 9.17) is 23.2 Å². The molecule has 226 valence electrons. The Balaban J connectivity index is 1.59. The molecule has 43 heavy (non-hydrogen) atoms. The maximum absolute atomic E-state index is 9.50. The van der Waals surface area contributed by atoms with Gasteiger partial charge in [-0.1, -0.05) is 84.9 Å². The molecule has 0 spiro atoms. The SMILES string of the molecule is C=C/C(=C(/Cl)C(=C)c1ccn2nc(CNC(C)(C)CO)nc2c1)c1cccc(-c2ccc(CNC(C)(C)CO)cc2)c1Cl. The molecule has 0 saturated heterocycles. The first-order valence-corrected chi connectivity index (χ1v) is 14.8. The smallest absolute Gasteiger partial charge is 0.165 e. The van der Waals surface area contributed by atoms with E-state index in [9.17, 15) is 10.2 Å². The summed E-state index contributed by atoms with van der Waals surface area (Å²) in [6.45, 7) is 17.2. The Bertz CT molecular complexity index is 1660. The largest absolute Gasteiger partial charge is 0.394 e. The van der Waals surface area contributed by atoms with Crippen LogP contribution in [0, 0.1) is 0 Å². The van der Waals surface area contributed by atoms with Crippen LogP contribution in [-0.4, -0.2) is 49.1 Å². The monoisotopic (exact) mass is 619 g/mol. The summed E-state index contributed by atoms with van der Waals surface area (Å²) in [5.74, 6) is 0.611. The van der Waals surface area contributed by atoms with Crippen LogP contribution in [0.4, 0.5) is 0 Å². The topological polar surface area (TPSA) is 94.7 Å². The Morgan fingerprint density at radius 3 is 2.26 bits per heavy atom. The van der Waals surface area contributed by atoms with E-state index in [-0.39, 0.29) is 18.8 Å². The van der Waals surface area contributed by atoms with E-state index in [2.05, 4.69) is 33.9 Å². The van der Waals surface area contributed by atoms with E-state index >= 15 is 0 Å². The van der Waals surface area contributed by atoms with Crippen molar-refractivity contribution in [1.29, 1.82) is 0 Å². The molecule has 0 radical (unpaired) electrons. The van der Waals surface area contributed by atoms with Crippen LogP contribution in [0.5, 0.6) is 0 Å². The summed E-state index contributed by atoms with van der Waals surface area (Å²) in [6.07, 6.45) is 3.51. The molecule has 7 nitrogen and oxygen atoms in total. The number of aromatic nitrogens is 3. The van der Waals surface area contributed by atoms with Gasteiger partial charge >= 0.3 is 0 Å². The molecule has 4 N–H and O–H groups in total. The highest BCUT2D eigenvalue weighted by Gasteiger charge is 2.19. The number of allylic oxidation sites excluding steroid dienone is 4. The first kappa shape index (κ1) is 32.6. The van der Waals surface area contributed by atoms with Gasteiger partial charge in [0.05, 0.1) is 29.8 Å². The van der Waals surface area contributed by atoms with Crippen LogP contribution in [0.15, 0.2) is 85.1 Å². The third kappa shape index (κ3) is 7.81. The minimum absolute atomic E-state index is 0.00245. The fourth-order valence-electron chi connectivity index (χ4n) is 4.33. The highest BCUT2D eigenvalue weighted by Crippen LogP contribution is 2.39. The third-order valence-electron chi connectivity index (χ3n) is 7.28. The van der Waals surface area contributed by atoms with Gasteiger partial charge in [-0.2, -0.15) is 0 Å². The van der Waals surface area contributed by atoms with Crippen molar-refractivity contribution >= 4 is 40.0 Å². The lowest BCUT2D eigenvalue weighted by Crippen LogP contribution is -2.42. The number of rotatable bonds is 13. The minimum Gasteiger partial charge on any atom is -0.394 e. The van der Waals surface area contributed by atoms with E-state index in [1.807, 2.05) is 88.5 Å². The zero-order chi connectivity index (χ0) is 31.4. The maximum Gasteiger partial charge on any atom is 0.165 e. The average molecular weight is 621 g/mol. The van der Waals surface area contributed by atoms with Crippen LogP contribution in [-0.2, 0) is 13.1 Å². The van der Waals surface area contributed by atoms with E-state index in [1.54, 1.807) is 10.6 Å². The molecule has 0 unspecified atom stereocenters. The Labute approximate surface area is 263 Å². The summed E-state index contributed by atoms with van der Waals surface area (Å²) in [4.78, 5) is 4.62. The summed E-state index contributed by atoms with van der Waals surface area (Å²) in [5, 5.41) is 31.1. The van der Waals surface area contributed by atoms with Crippen LogP contribution < -0.4 is 10.6 Å². The molecule has 4 rings (SSSR count). The Hall–Kier alpha value is -3.30. The number of aliphatic hydroxyl groups is 2. The van der Waals surface area contributed by atoms with E-state index in [0.29, 0.717) is 45.8 Å². The molecule has 0 aliphatic heterocycles. The number of hydrogen-bond acceptors (Lipinski definition) is 6. The number of hydrogen-bond donors (Lipinski definition) is 4. The number of fused-ring (bicyclic) bond motifs is 1. The second-order valence-electron chi connectivity index (χ2n) is 11.8. The fraction of sp³-hybridized carbons (Fsp3) is 0.294. The number of benzene rings is 2. The lowest BCUT2D eigenvalue weighted by molar-refractivity contribution is 0.186. The number of aliphatic hydroxyl groups excluding tert-OH is 2. The quantitative estimate of drug-likeness (QED) is 0.126.